The molecule has 0 atom stereocenters. The lowest BCUT2D eigenvalue weighted by Gasteiger charge is -2.28. The first-order valence-corrected chi connectivity index (χ1v) is 10.4. The van der Waals surface area contributed by atoms with Crippen LogP contribution in [0.2, 0.25) is 0 Å². The van der Waals surface area contributed by atoms with Gasteiger partial charge < -0.3 is 15.0 Å². The molecule has 1 aromatic carbocycles. The molecule has 30 heavy (non-hydrogen) atoms. The van der Waals surface area contributed by atoms with E-state index in [1.165, 1.54) is 6.92 Å². The fraction of sp³-hybridized carbons (Fsp3) is 0.455. The van der Waals surface area contributed by atoms with Crippen LogP contribution in [0.4, 0.5) is 0 Å². The van der Waals surface area contributed by atoms with Crippen LogP contribution < -0.4 is 15.6 Å². The average molecular weight is 409 g/mol. The van der Waals surface area contributed by atoms with E-state index >= 15 is 0 Å². The van der Waals surface area contributed by atoms with E-state index in [-0.39, 0.29) is 17.4 Å². The minimum atomic E-state index is -0.293. The summed E-state index contributed by atoms with van der Waals surface area (Å²) in [6.07, 6.45) is 0.715. The summed E-state index contributed by atoms with van der Waals surface area (Å²) in [5.74, 6) is 1.25. The van der Waals surface area contributed by atoms with Gasteiger partial charge in [0.2, 0.25) is 0 Å². The van der Waals surface area contributed by atoms with Gasteiger partial charge in [0, 0.05) is 18.7 Å². The lowest BCUT2D eigenvalue weighted by atomic mass is 10.1. The van der Waals surface area contributed by atoms with Gasteiger partial charge >= 0.3 is 0 Å². The summed E-state index contributed by atoms with van der Waals surface area (Å²) in [4.78, 5) is 32.5. The molecule has 8 heteroatoms. The van der Waals surface area contributed by atoms with Crippen molar-refractivity contribution in [1.82, 2.24) is 25.1 Å². The van der Waals surface area contributed by atoms with Crippen molar-refractivity contribution in [2.75, 3.05) is 19.7 Å². The molecule has 0 aliphatic carbocycles. The van der Waals surface area contributed by atoms with Crippen molar-refractivity contribution in [2.45, 2.75) is 40.2 Å². The second-order valence-corrected chi connectivity index (χ2v) is 8.14. The Bertz CT molecular complexity index is 1160. The Morgan fingerprint density at radius 1 is 1.30 bits per heavy atom. The van der Waals surface area contributed by atoms with Crippen LogP contribution in [0.15, 0.2) is 23.0 Å². The third-order valence-corrected chi connectivity index (χ3v) is 5.31. The number of ketones is 1. The quantitative estimate of drug-likeness (QED) is 0.582. The molecular weight excluding hydrogens is 382 g/mol. The number of rotatable bonds is 7. The molecule has 2 N–H and O–H groups in total. The zero-order valence-electron chi connectivity index (χ0n) is 17.8. The molecule has 0 amide bonds. The Balaban J connectivity index is 1.88. The molecule has 3 heterocycles. The van der Waals surface area contributed by atoms with Crippen LogP contribution in [-0.2, 0) is 6.42 Å². The standard InChI is InChI=1S/C22H27N5O3/c1-5-17-19-20(26-27(17)15-9-23-10-15)22(29)25-21(24-19)16-8-14(13(4)28)6-7-18(16)30-11-12(2)3/h6-8,12,15,23H,5,9-11H2,1-4H3,(H,24,25,29). The van der Waals surface area contributed by atoms with E-state index in [1.54, 1.807) is 18.2 Å². The number of aromatic amines is 1. The molecule has 0 saturated carbocycles. The zero-order chi connectivity index (χ0) is 21.4. The molecule has 3 aromatic rings. The van der Waals surface area contributed by atoms with Gasteiger partial charge in [-0.25, -0.2) is 4.98 Å². The van der Waals surface area contributed by atoms with Gasteiger partial charge in [0.25, 0.3) is 5.56 Å². The van der Waals surface area contributed by atoms with Crippen LogP contribution in [0.1, 0.15) is 49.8 Å². The first-order valence-electron chi connectivity index (χ1n) is 10.4. The monoisotopic (exact) mass is 409 g/mol. The van der Waals surface area contributed by atoms with Gasteiger partial charge in [-0.1, -0.05) is 20.8 Å². The molecule has 4 rings (SSSR count). The van der Waals surface area contributed by atoms with Gasteiger partial charge in [-0.15, -0.1) is 0 Å². The Kier molecular flexibility index (Phi) is 5.42. The highest BCUT2D eigenvalue weighted by Gasteiger charge is 2.26. The minimum Gasteiger partial charge on any atom is -0.493 e. The normalized spacial score (nSPS) is 14.3. The molecule has 1 fully saturated rings. The summed E-state index contributed by atoms with van der Waals surface area (Å²) in [6, 6.07) is 5.47. The second-order valence-electron chi connectivity index (χ2n) is 8.14. The second kappa shape index (κ2) is 8.02. The Morgan fingerprint density at radius 3 is 2.67 bits per heavy atom. The molecule has 1 aliphatic rings. The van der Waals surface area contributed by atoms with Crippen LogP contribution in [0.25, 0.3) is 22.4 Å². The van der Waals surface area contributed by atoms with E-state index in [0.29, 0.717) is 52.7 Å². The number of carbonyl (C=O) groups excluding carboxylic acids is 1. The lowest BCUT2D eigenvalue weighted by molar-refractivity contribution is 0.101. The number of fused-ring (bicyclic) bond motifs is 1. The molecule has 1 saturated heterocycles. The number of hydrogen-bond donors (Lipinski definition) is 2. The van der Waals surface area contributed by atoms with Crippen LogP contribution in [0, 0.1) is 5.92 Å². The summed E-state index contributed by atoms with van der Waals surface area (Å²) in [5, 5.41) is 7.79. The molecule has 158 valence electrons. The first-order chi connectivity index (χ1) is 14.4. The van der Waals surface area contributed by atoms with Gasteiger partial charge in [0.05, 0.1) is 23.9 Å². The van der Waals surface area contributed by atoms with Crippen molar-refractivity contribution < 1.29 is 9.53 Å². The summed E-state index contributed by atoms with van der Waals surface area (Å²) in [6.45, 7) is 9.86. The number of aromatic nitrogens is 4. The highest BCUT2D eigenvalue weighted by Crippen LogP contribution is 2.30. The van der Waals surface area contributed by atoms with Crippen molar-refractivity contribution >= 4 is 16.8 Å². The van der Waals surface area contributed by atoms with E-state index in [9.17, 15) is 9.59 Å². The van der Waals surface area contributed by atoms with E-state index in [0.717, 1.165) is 18.8 Å². The van der Waals surface area contributed by atoms with E-state index in [4.69, 9.17) is 9.72 Å². The molecular formula is C22H27N5O3. The highest BCUT2D eigenvalue weighted by molar-refractivity contribution is 5.95. The predicted octanol–water partition coefficient (Wildman–Crippen LogP) is 2.73. The Morgan fingerprint density at radius 2 is 2.07 bits per heavy atom. The summed E-state index contributed by atoms with van der Waals surface area (Å²) in [5.41, 5.74) is 2.73. The fourth-order valence-corrected chi connectivity index (χ4v) is 3.56. The molecule has 8 nitrogen and oxygen atoms in total. The van der Waals surface area contributed by atoms with Crippen LogP contribution in [0.3, 0.4) is 0 Å². The Labute approximate surface area is 174 Å². The van der Waals surface area contributed by atoms with Gasteiger partial charge in [0.15, 0.2) is 11.3 Å². The number of benzene rings is 1. The highest BCUT2D eigenvalue weighted by atomic mass is 16.5. The Hall–Kier alpha value is -3.00. The lowest BCUT2D eigenvalue weighted by Crippen LogP contribution is -2.44. The number of hydrogen-bond acceptors (Lipinski definition) is 6. The number of nitrogens with zero attached hydrogens (tertiary/aromatic N) is 3. The molecule has 0 radical (unpaired) electrons. The van der Waals surface area contributed by atoms with Gasteiger partial charge in [-0.05, 0) is 37.5 Å². The number of Topliss-reactive ketones (excluding diaryl/α,β-unsaturated/α-hetero) is 1. The van der Waals surface area contributed by atoms with Crippen LogP contribution in [0.5, 0.6) is 5.75 Å². The molecule has 0 unspecified atom stereocenters. The predicted molar refractivity (Wildman–Crippen MR) is 115 cm³/mol. The van der Waals surface area contributed by atoms with E-state index in [2.05, 4.69) is 29.2 Å². The molecule has 1 aliphatic heterocycles. The number of ether oxygens (including phenoxy) is 1. The fourth-order valence-electron chi connectivity index (χ4n) is 3.56. The van der Waals surface area contributed by atoms with Crippen LogP contribution in [-0.4, -0.2) is 45.2 Å². The number of H-pyrrole nitrogens is 1. The maximum atomic E-state index is 12.9. The SMILES string of the molecule is CCc1c2nc(-c3cc(C(C)=O)ccc3OCC(C)C)[nH]c(=O)c2nn1C1CNC1. The molecule has 0 spiro atoms. The van der Waals surface area contributed by atoms with E-state index < -0.39 is 0 Å². The number of nitrogens with one attached hydrogen (secondary N) is 2. The first kappa shape index (κ1) is 20.3. The average Bonchev–Trinajstić information content (AvgIpc) is 3.03. The number of aryl methyl sites for hydroxylation is 1. The maximum Gasteiger partial charge on any atom is 0.279 e. The van der Waals surface area contributed by atoms with Crippen molar-refractivity contribution in [2.24, 2.45) is 5.92 Å². The summed E-state index contributed by atoms with van der Waals surface area (Å²) in [7, 11) is 0. The topological polar surface area (TPSA) is 102 Å². The van der Waals surface area contributed by atoms with Gasteiger partial charge in [-0.3, -0.25) is 14.3 Å². The van der Waals surface area contributed by atoms with Gasteiger partial charge in [-0.2, -0.15) is 5.10 Å². The van der Waals surface area contributed by atoms with Crippen molar-refractivity contribution in [3.05, 3.63) is 39.8 Å². The third-order valence-electron chi connectivity index (χ3n) is 5.31. The van der Waals surface area contributed by atoms with Crippen molar-refractivity contribution in [3.8, 4) is 17.1 Å². The number of carbonyl (C=O) groups is 1. The largest absolute Gasteiger partial charge is 0.493 e. The van der Waals surface area contributed by atoms with Crippen molar-refractivity contribution in [1.29, 1.82) is 0 Å². The molecule has 2 aromatic heterocycles. The van der Waals surface area contributed by atoms with Gasteiger partial charge in [0.1, 0.15) is 17.1 Å². The smallest absolute Gasteiger partial charge is 0.279 e. The maximum absolute atomic E-state index is 12.9. The van der Waals surface area contributed by atoms with Crippen molar-refractivity contribution in [3.63, 3.8) is 0 Å². The summed E-state index contributed by atoms with van der Waals surface area (Å²) >= 11 is 0. The zero-order valence-corrected chi connectivity index (χ0v) is 17.8. The third kappa shape index (κ3) is 3.63. The summed E-state index contributed by atoms with van der Waals surface area (Å²) < 4.78 is 7.89. The van der Waals surface area contributed by atoms with E-state index in [1.807, 2.05) is 11.6 Å². The van der Waals surface area contributed by atoms with Crippen LogP contribution >= 0.6 is 0 Å². The minimum absolute atomic E-state index is 0.0605. The molecule has 0 bridgehead atoms.